The minimum absolute atomic E-state index is 0.0155. The number of methoxy groups -OCH3 is 1. The molecule has 1 heterocycles. The van der Waals surface area contributed by atoms with E-state index in [0.29, 0.717) is 22.2 Å². The first-order valence-corrected chi connectivity index (χ1v) is 10.4. The molecule has 1 aliphatic carbocycles. The van der Waals surface area contributed by atoms with E-state index in [4.69, 9.17) is 27.9 Å². The Labute approximate surface area is 180 Å². The van der Waals surface area contributed by atoms with Crippen LogP contribution in [0.3, 0.4) is 0 Å². The normalized spacial score (nSPS) is 26.2. The van der Waals surface area contributed by atoms with Gasteiger partial charge in [-0.15, -0.1) is 0 Å². The summed E-state index contributed by atoms with van der Waals surface area (Å²) < 4.78 is 5.19. The van der Waals surface area contributed by atoms with E-state index in [9.17, 15) is 9.59 Å². The molecular weight excluding hydrogens is 409 g/mol. The number of carbonyl (C=O) groups excluding carboxylic acids is 2. The smallest absolute Gasteiger partial charge is 0.311 e. The summed E-state index contributed by atoms with van der Waals surface area (Å²) >= 11 is 12.2. The van der Waals surface area contributed by atoms with E-state index in [2.05, 4.69) is 6.08 Å². The molecule has 0 unspecified atom stereocenters. The maximum atomic E-state index is 13.6. The molecule has 0 bridgehead atoms. The SMILES string of the molecule is COC(=O)[C@H]1[C@H]2C=CCC[C@@H]2C(=O)N(c2ccc(Cl)cc2)[C@H]1c1ccc(Cl)cc1. The van der Waals surface area contributed by atoms with Crippen molar-refractivity contribution in [2.75, 3.05) is 12.0 Å². The van der Waals surface area contributed by atoms with E-state index < -0.39 is 12.0 Å². The fraction of sp³-hybridized carbons (Fsp3) is 0.304. The number of esters is 1. The standard InChI is InChI=1S/C23H21Cl2NO3/c1-29-23(28)20-18-4-2-3-5-19(18)22(27)26(17-12-10-16(25)11-13-17)21(20)14-6-8-15(24)9-7-14/h2,4,6-13,18-21H,3,5H2,1H3/t18-,19-,20-,21-/m0/s1. The number of hydrogen-bond acceptors (Lipinski definition) is 3. The molecule has 6 heteroatoms. The van der Waals surface area contributed by atoms with Crippen LogP contribution in [0.4, 0.5) is 5.69 Å². The third-order valence-electron chi connectivity index (χ3n) is 5.84. The molecular formula is C23H21Cl2NO3. The minimum Gasteiger partial charge on any atom is -0.469 e. The molecule has 0 aromatic heterocycles. The van der Waals surface area contributed by atoms with Gasteiger partial charge in [0.1, 0.15) is 0 Å². The monoisotopic (exact) mass is 429 g/mol. The number of anilines is 1. The Bertz CT molecular complexity index is 940. The molecule has 1 amide bonds. The van der Waals surface area contributed by atoms with Crippen LogP contribution in [0.15, 0.2) is 60.7 Å². The molecule has 1 fully saturated rings. The molecule has 0 N–H and O–H groups in total. The molecule has 0 spiro atoms. The number of fused-ring (bicyclic) bond motifs is 1. The van der Waals surface area contributed by atoms with Gasteiger partial charge >= 0.3 is 5.97 Å². The first-order chi connectivity index (χ1) is 14.0. The summed E-state index contributed by atoms with van der Waals surface area (Å²) in [5.74, 6) is -1.29. The fourth-order valence-electron chi connectivity index (χ4n) is 4.53. The number of halogens is 2. The van der Waals surface area contributed by atoms with Gasteiger partial charge in [-0.3, -0.25) is 9.59 Å². The van der Waals surface area contributed by atoms with Crippen molar-refractivity contribution in [1.82, 2.24) is 0 Å². The topological polar surface area (TPSA) is 46.6 Å². The lowest BCUT2D eigenvalue weighted by Gasteiger charge is -2.48. The van der Waals surface area contributed by atoms with Crippen molar-refractivity contribution in [3.05, 3.63) is 76.3 Å². The zero-order valence-corrected chi connectivity index (χ0v) is 17.4. The summed E-state index contributed by atoms with van der Waals surface area (Å²) in [6, 6.07) is 13.9. The average molecular weight is 430 g/mol. The van der Waals surface area contributed by atoms with E-state index in [1.54, 1.807) is 29.2 Å². The van der Waals surface area contributed by atoms with E-state index in [1.807, 2.05) is 30.3 Å². The van der Waals surface area contributed by atoms with Crippen LogP contribution in [-0.2, 0) is 14.3 Å². The number of rotatable bonds is 3. The second kappa shape index (κ2) is 8.21. The first-order valence-electron chi connectivity index (χ1n) is 9.60. The van der Waals surface area contributed by atoms with E-state index >= 15 is 0 Å². The van der Waals surface area contributed by atoms with Crippen LogP contribution in [0.2, 0.25) is 10.0 Å². The number of carbonyl (C=O) groups is 2. The molecule has 1 aliphatic heterocycles. The highest BCUT2D eigenvalue weighted by atomic mass is 35.5. The molecule has 1 saturated heterocycles. The van der Waals surface area contributed by atoms with Crippen LogP contribution < -0.4 is 4.90 Å². The second-order valence-corrected chi connectivity index (χ2v) is 8.29. The van der Waals surface area contributed by atoms with Gasteiger partial charge in [0.05, 0.1) is 19.1 Å². The molecule has 29 heavy (non-hydrogen) atoms. The summed E-state index contributed by atoms with van der Waals surface area (Å²) in [5, 5.41) is 1.18. The zero-order chi connectivity index (χ0) is 20.5. The Morgan fingerprint density at radius 2 is 1.66 bits per heavy atom. The van der Waals surface area contributed by atoms with Gasteiger partial charge in [-0.05, 0) is 54.8 Å². The van der Waals surface area contributed by atoms with Gasteiger partial charge in [0.15, 0.2) is 0 Å². The van der Waals surface area contributed by atoms with Crippen molar-refractivity contribution < 1.29 is 14.3 Å². The van der Waals surface area contributed by atoms with Crippen LogP contribution in [0.25, 0.3) is 0 Å². The summed E-state index contributed by atoms with van der Waals surface area (Å²) in [4.78, 5) is 28.3. The van der Waals surface area contributed by atoms with Gasteiger partial charge in [0.2, 0.25) is 5.91 Å². The predicted octanol–water partition coefficient (Wildman–Crippen LogP) is 5.45. The van der Waals surface area contributed by atoms with Gasteiger partial charge in [0, 0.05) is 27.6 Å². The van der Waals surface area contributed by atoms with Crippen molar-refractivity contribution in [2.24, 2.45) is 17.8 Å². The number of allylic oxidation sites excluding steroid dienone is 2. The lowest BCUT2D eigenvalue weighted by Crippen LogP contribution is -2.55. The summed E-state index contributed by atoms with van der Waals surface area (Å²) in [6.45, 7) is 0. The fourth-order valence-corrected chi connectivity index (χ4v) is 4.78. The molecule has 2 aliphatic rings. The molecule has 0 radical (unpaired) electrons. The van der Waals surface area contributed by atoms with Crippen LogP contribution in [0.5, 0.6) is 0 Å². The van der Waals surface area contributed by atoms with Crippen LogP contribution in [0.1, 0.15) is 24.4 Å². The Kier molecular flexibility index (Phi) is 5.66. The summed E-state index contributed by atoms with van der Waals surface area (Å²) in [6.07, 6.45) is 5.60. The number of benzene rings is 2. The Morgan fingerprint density at radius 1 is 1.03 bits per heavy atom. The minimum atomic E-state index is -0.517. The number of ether oxygens (including phenoxy) is 1. The van der Waals surface area contributed by atoms with Crippen molar-refractivity contribution in [1.29, 1.82) is 0 Å². The molecule has 4 atom stereocenters. The van der Waals surface area contributed by atoms with Gasteiger partial charge < -0.3 is 9.64 Å². The predicted molar refractivity (Wildman–Crippen MR) is 114 cm³/mol. The van der Waals surface area contributed by atoms with E-state index in [-0.39, 0.29) is 23.7 Å². The molecule has 0 saturated carbocycles. The third-order valence-corrected chi connectivity index (χ3v) is 6.35. The van der Waals surface area contributed by atoms with Crippen molar-refractivity contribution in [2.45, 2.75) is 18.9 Å². The molecule has 4 rings (SSSR count). The average Bonchev–Trinajstić information content (AvgIpc) is 2.74. The first kappa shape index (κ1) is 20.0. The number of nitrogens with zero attached hydrogens (tertiary/aromatic N) is 1. The van der Waals surface area contributed by atoms with Crippen molar-refractivity contribution in [3.63, 3.8) is 0 Å². The Hall–Kier alpha value is -2.30. The number of amides is 1. The third kappa shape index (κ3) is 3.67. The van der Waals surface area contributed by atoms with Crippen molar-refractivity contribution in [3.8, 4) is 0 Å². The molecule has 2 aromatic rings. The maximum absolute atomic E-state index is 13.6. The van der Waals surface area contributed by atoms with E-state index in [1.165, 1.54) is 7.11 Å². The maximum Gasteiger partial charge on any atom is 0.311 e. The molecule has 2 aromatic carbocycles. The van der Waals surface area contributed by atoms with Crippen LogP contribution in [0, 0.1) is 17.8 Å². The van der Waals surface area contributed by atoms with Crippen molar-refractivity contribution >= 4 is 40.8 Å². The summed E-state index contributed by atoms with van der Waals surface area (Å²) in [7, 11) is 1.39. The second-order valence-electron chi connectivity index (χ2n) is 7.42. The van der Waals surface area contributed by atoms with Gasteiger partial charge in [-0.1, -0.05) is 47.5 Å². The number of hydrogen-bond donors (Lipinski definition) is 0. The largest absolute Gasteiger partial charge is 0.469 e. The zero-order valence-electron chi connectivity index (χ0n) is 15.9. The number of piperidine rings is 1. The highest BCUT2D eigenvalue weighted by molar-refractivity contribution is 6.30. The summed E-state index contributed by atoms with van der Waals surface area (Å²) in [5.41, 5.74) is 1.55. The molecule has 4 nitrogen and oxygen atoms in total. The van der Waals surface area contributed by atoms with Gasteiger partial charge in [-0.25, -0.2) is 0 Å². The quantitative estimate of drug-likeness (QED) is 0.481. The van der Waals surface area contributed by atoms with E-state index in [0.717, 1.165) is 12.0 Å². The lowest BCUT2D eigenvalue weighted by atomic mass is 9.67. The van der Waals surface area contributed by atoms with Crippen LogP contribution in [-0.4, -0.2) is 19.0 Å². The molecule has 150 valence electrons. The van der Waals surface area contributed by atoms with Gasteiger partial charge in [0.25, 0.3) is 0 Å². The van der Waals surface area contributed by atoms with Gasteiger partial charge in [-0.2, -0.15) is 0 Å². The lowest BCUT2D eigenvalue weighted by molar-refractivity contribution is -0.151. The highest BCUT2D eigenvalue weighted by Crippen LogP contribution is 2.48. The van der Waals surface area contributed by atoms with Crippen LogP contribution >= 0.6 is 23.2 Å². The highest BCUT2D eigenvalue weighted by Gasteiger charge is 2.52. The Morgan fingerprint density at radius 3 is 2.28 bits per heavy atom. The Balaban J connectivity index is 1.90.